The van der Waals surface area contributed by atoms with Crippen molar-refractivity contribution in [1.82, 2.24) is 25.5 Å². The fourth-order valence-electron chi connectivity index (χ4n) is 3.18. The van der Waals surface area contributed by atoms with Crippen molar-refractivity contribution in [3.05, 3.63) is 41.5 Å². The summed E-state index contributed by atoms with van der Waals surface area (Å²) in [5, 5.41) is 15.1. The Morgan fingerprint density at radius 2 is 2.00 bits per heavy atom. The van der Waals surface area contributed by atoms with Crippen LogP contribution in [0.1, 0.15) is 37.2 Å². The second-order valence-corrected chi connectivity index (χ2v) is 6.16. The highest BCUT2D eigenvalue weighted by atomic mass is 19.1. The van der Waals surface area contributed by atoms with E-state index in [4.69, 9.17) is 4.74 Å². The molecule has 0 radical (unpaired) electrons. The molecule has 1 unspecified atom stereocenters. The Kier molecular flexibility index (Phi) is 4.68. The molecule has 1 aromatic carbocycles. The lowest BCUT2D eigenvalue weighted by atomic mass is 9.74. The van der Waals surface area contributed by atoms with Crippen LogP contribution in [0.25, 0.3) is 0 Å². The molecule has 2 heterocycles. The lowest BCUT2D eigenvalue weighted by Crippen LogP contribution is -2.43. The highest BCUT2D eigenvalue weighted by molar-refractivity contribution is 5.27. The van der Waals surface area contributed by atoms with Gasteiger partial charge in [0.15, 0.2) is 5.82 Å². The van der Waals surface area contributed by atoms with Crippen LogP contribution < -0.4 is 5.32 Å². The highest BCUT2D eigenvalue weighted by Crippen LogP contribution is 2.35. The van der Waals surface area contributed by atoms with Gasteiger partial charge < -0.3 is 10.1 Å². The Morgan fingerprint density at radius 3 is 2.61 bits per heavy atom. The van der Waals surface area contributed by atoms with E-state index < -0.39 is 0 Å². The summed E-state index contributed by atoms with van der Waals surface area (Å²) in [5.74, 6) is 0.591. The van der Waals surface area contributed by atoms with E-state index >= 15 is 0 Å². The van der Waals surface area contributed by atoms with Gasteiger partial charge in [-0.2, -0.15) is 0 Å². The first-order valence-corrected chi connectivity index (χ1v) is 7.90. The molecule has 124 valence electrons. The maximum atomic E-state index is 13.3. The van der Waals surface area contributed by atoms with Crippen molar-refractivity contribution >= 4 is 0 Å². The number of nitrogens with zero attached hydrogens (tertiary/aromatic N) is 4. The molecule has 6 nitrogen and oxygen atoms in total. The minimum Gasteiger partial charge on any atom is -0.381 e. The summed E-state index contributed by atoms with van der Waals surface area (Å²) in [6, 6.07) is 6.87. The lowest BCUT2D eigenvalue weighted by molar-refractivity contribution is 0.0489. The molecule has 1 fully saturated rings. The number of halogens is 1. The van der Waals surface area contributed by atoms with Crippen LogP contribution in [0.15, 0.2) is 24.3 Å². The first-order valence-electron chi connectivity index (χ1n) is 7.90. The highest BCUT2D eigenvalue weighted by Gasteiger charge is 2.35. The molecule has 1 aliphatic rings. The Morgan fingerprint density at radius 1 is 1.30 bits per heavy atom. The number of nitrogens with one attached hydrogen (secondary N) is 1. The van der Waals surface area contributed by atoms with Crippen LogP contribution in [0.3, 0.4) is 0 Å². The lowest BCUT2D eigenvalue weighted by Gasteiger charge is -2.38. The van der Waals surface area contributed by atoms with Crippen LogP contribution in [0.4, 0.5) is 4.39 Å². The fourth-order valence-corrected chi connectivity index (χ4v) is 3.18. The molecule has 1 saturated heterocycles. The predicted octanol–water partition coefficient (Wildman–Crippen LogP) is 1.75. The number of aryl methyl sites for hydroxylation is 1. The first kappa shape index (κ1) is 16.0. The van der Waals surface area contributed by atoms with Crippen LogP contribution in [0, 0.1) is 5.82 Å². The molecule has 7 heteroatoms. The molecule has 1 atom stereocenters. The van der Waals surface area contributed by atoms with Gasteiger partial charge >= 0.3 is 0 Å². The standard InChI is InChI=1S/C16H22FN5O/c1-12(15-19-20-21-22(15)2)18-11-16(7-9-23-10-8-16)13-3-5-14(17)6-4-13/h3-6,12,18H,7-11H2,1-2H3. The van der Waals surface area contributed by atoms with Crippen LogP contribution in [0.5, 0.6) is 0 Å². The molecule has 2 aromatic rings. The zero-order valence-corrected chi connectivity index (χ0v) is 13.5. The molecule has 0 saturated carbocycles. The van der Waals surface area contributed by atoms with E-state index in [2.05, 4.69) is 20.8 Å². The number of aromatic nitrogens is 4. The van der Waals surface area contributed by atoms with Gasteiger partial charge in [0.1, 0.15) is 5.82 Å². The maximum absolute atomic E-state index is 13.3. The molecule has 0 amide bonds. The number of hydrogen-bond acceptors (Lipinski definition) is 5. The molecular formula is C16H22FN5O. The molecule has 1 aromatic heterocycles. The van der Waals surface area contributed by atoms with E-state index in [9.17, 15) is 4.39 Å². The monoisotopic (exact) mass is 319 g/mol. The quantitative estimate of drug-likeness (QED) is 0.909. The Balaban J connectivity index is 1.77. The third-order valence-corrected chi connectivity index (χ3v) is 4.69. The molecule has 3 rings (SSSR count). The maximum Gasteiger partial charge on any atom is 0.167 e. The van der Waals surface area contributed by atoms with Gasteiger partial charge in [-0.1, -0.05) is 12.1 Å². The Labute approximate surface area is 135 Å². The Bertz CT molecular complexity index is 636. The van der Waals surface area contributed by atoms with Gasteiger partial charge in [0.25, 0.3) is 0 Å². The Hall–Kier alpha value is -1.86. The largest absolute Gasteiger partial charge is 0.381 e. The van der Waals surface area contributed by atoms with E-state index in [0.29, 0.717) is 0 Å². The summed E-state index contributed by atoms with van der Waals surface area (Å²) in [7, 11) is 1.83. The summed E-state index contributed by atoms with van der Waals surface area (Å²) in [6.07, 6.45) is 1.82. The predicted molar refractivity (Wildman–Crippen MR) is 83.3 cm³/mol. The van der Waals surface area contributed by atoms with Crippen LogP contribution in [-0.2, 0) is 17.2 Å². The number of benzene rings is 1. The normalized spacial score (nSPS) is 18.7. The van der Waals surface area contributed by atoms with Gasteiger partial charge in [0.2, 0.25) is 0 Å². The number of rotatable bonds is 5. The van der Waals surface area contributed by atoms with Crippen molar-refractivity contribution in [1.29, 1.82) is 0 Å². The van der Waals surface area contributed by atoms with Crippen molar-refractivity contribution in [3.8, 4) is 0 Å². The van der Waals surface area contributed by atoms with Gasteiger partial charge in [-0.25, -0.2) is 9.07 Å². The molecule has 0 bridgehead atoms. The molecule has 0 spiro atoms. The van der Waals surface area contributed by atoms with Crippen LogP contribution >= 0.6 is 0 Å². The van der Waals surface area contributed by atoms with E-state index in [1.165, 1.54) is 12.1 Å². The molecule has 1 N–H and O–H groups in total. The molecule has 1 aliphatic heterocycles. The summed E-state index contributed by atoms with van der Waals surface area (Å²) >= 11 is 0. The van der Waals surface area contributed by atoms with Crippen LogP contribution in [-0.4, -0.2) is 40.0 Å². The van der Waals surface area contributed by atoms with Crippen LogP contribution in [0.2, 0.25) is 0 Å². The minimum absolute atomic E-state index is 0.0372. The van der Waals surface area contributed by atoms with Crippen molar-refractivity contribution in [2.75, 3.05) is 19.8 Å². The molecular weight excluding hydrogens is 297 g/mol. The number of ether oxygens (including phenoxy) is 1. The van der Waals surface area contributed by atoms with Crippen molar-refractivity contribution < 1.29 is 9.13 Å². The molecule has 0 aliphatic carbocycles. The smallest absolute Gasteiger partial charge is 0.167 e. The van der Waals surface area contributed by atoms with Gasteiger partial charge in [-0.15, -0.1) is 5.10 Å². The van der Waals surface area contributed by atoms with E-state index in [-0.39, 0.29) is 17.3 Å². The van der Waals surface area contributed by atoms with Gasteiger partial charge in [-0.05, 0) is 47.9 Å². The third kappa shape index (κ3) is 3.40. The number of hydrogen-bond donors (Lipinski definition) is 1. The van der Waals surface area contributed by atoms with Crippen molar-refractivity contribution in [3.63, 3.8) is 0 Å². The summed E-state index contributed by atoms with van der Waals surface area (Å²) in [4.78, 5) is 0. The fraction of sp³-hybridized carbons (Fsp3) is 0.562. The molecule has 23 heavy (non-hydrogen) atoms. The second kappa shape index (κ2) is 6.72. The summed E-state index contributed by atoms with van der Waals surface area (Å²) in [5.41, 5.74) is 1.10. The minimum atomic E-state index is -0.206. The van der Waals surface area contributed by atoms with Gasteiger partial charge in [0, 0.05) is 32.2 Å². The van der Waals surface area contributed by atoms with E-state index in [1.54, 1.807) is 4.68 Å². The van der Waals surface area contributed by atoms with Gasteiger partial charge in [-0.3, -0.25) is 0 Å². The van der Waals surface area contributed by atoms with Gasteiger partial charge in [0.05, 0.1) is 6.04 Å². The second-order valence-electron chi connectivity index (χ2n) is 6.16. The average molecular weight is 319 g/mol. The average Bonchev–Trinajstić information content (AvgIpc) is 3.00. The van der Waals surface area contributed by atoms with Crippen molar-refractivity contribution in [2.45, 2.75) is 31.2 Å². The topological polar surface area (TPSA) is 64.9 Å². The third-order valence-electron chi connectivity index (χ3n) is 4.69. The zero-order chi connectivity index (χ0) is 16.3. The number of tetrazole rings is 1. The van der Waals surface area contributed by atoms with E-state index in [1.807, 2.05) is 26.1 Å². The zero-order valence-electron chi connectivity index (χ0n) is 13.5. The first-order chi connectivity index (χ1) is 11.1. The van der Waals surface area contributed by atoms with E-state index in [0.717, 1.165) is 44.0 Å². The SMILES string of the molecule is CC(NCC1(c2ccc(F)cc2)CCOCC1)c1nnnn1C. The summed E-state index contributed by atoms with van der Waals surface area (Å²) < 4.78 is 20.5. The van der Waals surface area contributed by atoms with Crippen molar-refractivity contribution in [2.24, 2.45) is 7.05 Å². The summed E-state index contributed by atoms with van der Waals surface area (Å²) in [6.45, 7) is 4.26.